The zero-order valence-electron chi connectivity index (χ0n) is 14.7. The zero-order chi connectivity index (χ0) is 18.0. The molecule has 0 saturated carbocycles. The Morgan fingerprint density at radius 2 is 2.20 bits per heavy atom. The molecule has 0 saturated heterocycles. The quantitative estimate of drug-likeness (QED) is 0.656. The lowest BCUT2D eigenvalue weighted by Gasteiger charge is -2.14. The van der Waals surface area contributed by atoms with Gasteiger partial charge in [0, 0.05) is 18.2 Å². The average Bonchev–Trinajstić information content (AvgIpc) is 3.12. The number of aromatic amines is 1. The number of esters is 1. The lowest BCUT2D eigenvalue weighted by Crippen LogP contribution is -2.19. The summed E-state index contributed by atoms with van der Waals surface area (Å²) in [5.41, 5.74) is 2.89. The summed E-state index contributed by atoms with van der Waals surface area (Å²) in [6.07, 6.45) is 2.28. The Balaban J connectivity index is 1.87. The van der Waals surface area contributed by atoms with Gasteiger partial charge in [-0.15, -0.1) is 11.3 Å². The fourth-order valence-electron chi connectivity index (χ4n) is 2.75. The molecule has 3 aromatic heterocycles. The number of aryl methyl sites for hydroxylation is 2. The van der Waals surface area contributed by atoms with Gasteiger partial charge in [0.2, 0.25) is 0 Å². The van der Waals surface area contributed by atoms with Crippen LogP contribution in [0.25, 0.3) is 10.2 Å². The predicted octanol–water partition coefficient (Wildman–Crippen LogP) is 3.25. The smallest absolute Gasteiger partial charge is 0.348 e. The molecule has 132 valence electrons. The molecule has 3 aromatic rings. The van der Waals surface area contributed by atoms with Crippen LogP contribution in [-0.4, -0.2) is 38.8 Å². The Morgan fingerprint density at radius 3 is 2.88 bits per heavy atom. The third-order valence-electron chi connectivity index (χ3n) is 3.85. The van der Waals surface area contributed by atoms with Gasteiger partial charge >= 0.3 is 5.97 Å². The minimum absolute atomic E-state index is 0.131. The van der Waals surface area contributed by atoms with Crippen molar-refractivity contribution < 1.29 is 9.53 Å². The van der Waals surface area contributed by atoms with Crippen LogP contribution in [0.4, 0.5) is 5.82 Å². The SMILES string of the molecule is CCOC(=O)c1sc2ncnc(NC(C)Cc3cc(C)[nH]n3)c2c1C. The Morgan fingerprint density at radius 1 is 1.40 bits per heavy atom. The number of hydrogen-bond acceptors (Lipinski definition) is 7. The summed E-state index contributed by atoms with van der Waals surface area (Å²) in [5.74, 6) is 0.419. The number of hydrogen-bond donors (Lipinski definition) is 2. The maximum absolute atomic E-state index is 12.1. The number of fused-ring (bicyclic) bond motifs is 1. The first-order valence-corrected chi connectivity index (χ1v) is 8.99. The molecule has 25 heavy (non-hydrogen) atoms. The van der Waals surface area contributed by atoms with Crippen molar-refractivity contribution in [1.29, 1.82) is 0 Å². The van der Waals surface area contributed by atoms with Crippen LogP contribution in [0.2, 0.25) is 0 Å². The molecule has 3 heterocycles. The molecule has 0 fully saturated rings. The van der Waals surface area contributed by atoms with Gasteiger partial charge in [0.15, 0.2) is 0 Å². The monoisotopic (exact) mass is 359 g/mol. The summed E-state index contributed by atoms with van der Waals surface area (Å²) in [7, 11) is 0. The van der Waals surface area contributed by atoms with E-state index in [-0.39, 0.29) is 12.0 Å². The van der Waals surface area contributed by atoms with E-state index >= 15 is 0 Å². The average molecular weight is 359 g/mol. The van der Waals surface area contributed by atoms with Crippen LogP contribution in [-0.2, 0) is 11.2 Å². The number of anilines is 1. The second-order valence-corrected chi connectivity index (χ2v) is 6.97. The highest BCUT2D eigenvalue weighted by molar-refractivity contribution is 7.20. The summed E-state index contributed by atoms with van der Waals surface area (Å²) >= 11 is 1.34. The normalized spacial score (nSPS) is 12.3. The number of nitrogens with one attached hydrogen (secondary N) is 2. The summed E-state index contributed by atoms with van der Waals surface area (Å²) in [6.45, 7) is 8.11. The van der Waals surface area contributed by atoms with Crippen molar-refractivity contribution >= 4 is 33.3 Å². The van der Waals surface area contributed by atoms with Gasteiger partial charge in [-0.3, -0.25) is 5.10 Å². The van der Waals surface area contributed by atoms with E-state index in [0.29, 0.717) is 11.5 Å². The molecule has 1 unspecified atom stereocenters. The van der Waals surface area contributed by atoms with E-state index in [4.69, 9.17) is 4.74 Å². The van der Waals surface area contributed by atoms with Gasteiger partial charge in [-0.1, -0.05) is 0 Å². The second-order valence-electron chi connectivity index (χ2n) is 5.97. The number of thiophene rings is 1. The van der Waals surface area contributed by atoms with Gasteiger partial charge in [-0.05, 0) is 39.3 Å². The third kappa shape index (κ3) is 3.63. The molecule has 8 heteroatoms. The number of rotatable bonds is 6. The molecule has 0 aliphatic rings. The van der Waals surface area contributed by atoms with Crippen molar-refractivity contribution in [3.63, 3.8) is 0 Å². The van der Waals surface area contributed by atoms with Crippen molar-refractivity contribution in [3.8, 4) is 0 Å². The fourth-order valence-corrected chi connectivity index (χ4v) is 3.79. The predicted molar refractivity (Wildman–Crippen MR) is 98.2 cm³/mol. The maximum atomic E-state index is 12.1. The van der Waals surface area contributed by atoms with Crippen molar-refractivity contribution in [1.82, 2.24) is 20.2 Å². The van der Waals surface area contributed by atoms with E-state index in [0.717, 1.165) is 39.4 Å². The van der Waals surface area contributed by atoms with Gasteiger partial charge < -0.3 is 10.1 Å². The third-order valence-corrected chi connectivity index (χ3v) is 5.02. The molecule has 7 nitrogen and oxygen atoms in total. The summed E-state index contributed by atoms with van der Waals surface area (Å²) in [5, 5.41) is 11.5. The van der Waals surface area contributed by atoms with Crippen molar-refractivity contribution in [2.45, 2.75) is 40.2 Å². The first-order chi connectivity index (χ1) is 12.0. The lowest BCUT2D eigenvalue weighted by molar-refractivity contribution is 0.0531. The van der Waals surface area contributed by atoms with E-state index in [2.05, 4.69) is 32.4 Å². The topological polar surface area (TPSA) is 92.8 Å². The molecule has 0 aromatic carbocycles. The Labute approximate surface area is 149 Å². The maximum Gasteiger partial charge on any atom is 0.348 e. The van der Waals surface area contributed by atoms with Crippen LogP contribution < -0.4 is 5.32 Å². The van der Waals surface area contributed by atoms with Crippen LogP contribution in [0.1, 0.15) is 40.5 Å². The molecule has 2 N–H and O–H groups in total. The molecule has 0 radical (unpaired) electrons. The number of ether oxygens (including phenoxy) is 1. The molecule has 0 bridgehead atoms. The number of carbonyl (C=O) groups excluding carboxylic acids is 1. The molecule has 0 amide bonds. The molecule has 0 aliphatic carbocycles. The molecule has 3 rings (SSSR count). The largest absolute Gasteiger partial charge is 0.462 e. The van der Waals surface area contributed by atoms with Crippen LogP contribution >= 0.6 is 11.3 Å². The van der Waals surface area contributed by atoms with E-state index in [9.17, 15) is 4.79 Å². The number of H-pyrrole nitrogens is 1. The number of carbonyl (C=O) groups is 1. The molecular weight excluding hydrogens is 338 g/mol. The molecular formula is C17H21N5O2S. The highest BCUT2D eigenvalue weighted by Gasteiger charge is 2.20. The first-order valence-electron chi connectivity index (χ1n) is 8.18. The lowest BCUT2D eigenvalue weighted by atomic mass is 10.1. The summed E-state index contributed by atoms with van der Waals surface area (Å²) < 4.78 is 5.13. The highest BCUT2D eigenvalue weighted by atomic mass is 32.1. The van der Waals surface area contributed by atoms with Crippen molar-refractivity contribution in [2.24, 2.45) is 0 Å². The van der Waals surface area contributed by atoms with Crippen molar-refractivity contribution in [2.75, 3.05) is 11.9 Å². The van der Waals surface area contributed by atoms with Crippen LogP contribution in [0.5, 0.6) is 0 Å². The fraction of sp³-hybridized carbons (Fsp3) is 0.412. The Kier molecular flexibility index (Phi) is 4.98. The van der Waals surface area contributed by atoms with E-state index in [1.54, 1.807) is 6.92 Å². The Bertz CT molecular complexity index is 902. The molecule has 0 spiro atoms. The molecule has 0 aliphatic heterocycles. The van der Waals surface area contributed by atoms with Gasteiger partial charge in [0.05, 0.1) is 17.7 Å². The van der Waals surface area contributed by atoms with Gasteiger partial charge in [0.1, 0.15) is 21.9 Å². The standard InChI is InChI=1S/C17H21N5O2S/c1-5-24-17(23)14-11(4)13-15(18-8-19-16(13)25-14)20-9(2)6-12-7-10(3)21-22-12/h7-9H,5-6H2,1-4H3,(H,21,22)(H,18,19,20). The Hall–Kier alpha value is -2.48. The number of nitrogens with zero attached hydrogens (tertiary/aromatic N) is 3. The minimum atomic E-state index is -0.311. The van der Waals surface area contributed by atoms with E-state index in [1.807, 2.05) is 19.9 Å². The van der Waals surface area contributed by atoms with Crippen molar-refractivity contribution in [3.05, 3.63) is 34.2 Å². The summed E-state index contributed by atoms with van der Waals surface area (Å²) in [4.78, 5) is 22.2. The minimum Gasteiger partial charge on any atom is -0.462 e. The summed E-state index contributed by atoms with van der Waals surface area (Å²) in [6, 6.07) is 2.16. The van der Waals surface area contributed by atoms with Crippen LogP contribution in [0.15, 0.2) is 12.4 Å². The van der Waals surface area contributed by atoms with Crippen LogP contribution in [0, 0.1) is 13.8 Å². The van der Waals surface area contributed by atoms with Gasteiger partial charge in [0.25, 0.3) is 0 Å². The van der Waals surface area contributed by atoms with Gasteiger partial charge in [-0.25, -0.2) is 14.8 Å². The van der Waals surface area contributed by atoms with Crippen LogP contribution in [0.3, 0.4) is 0 Å². The zero-order valence-corrected chi connectivity index (χ0v) is 15.5. The first kappa shape index (κ1) is 17.3. The number of aromatic nitrogens is 4. The second kappa shape index (κ2) is 7.18. The highest BCUT2D eigenvalue weighted by Crippen LogP contribution is 2.34. The van der Waals surface area contributed by atoms with E-state index in [1.165, 1.54) is 17.7 Å². The van der Waals surface area contributed by atoms with Gasteiger partial charge in [-0.2, -0.15) is 5.10 Å². The van der Waals surface area contributed by atoms with E-state index < -0.39 is 0 Å². The molecule has 1 atom stereocenters.